The number of ether oxygens (including phenoxy) is 1. The van der Waals surface area contributed by atoms with Crippen molar-refractivity contribution < 1.29 is 14.3 Å². The second kappa shape index (κ2) is 7.25. The number of aromatic amines is 1. The van der Waals surface area contributed by atoms with E-state index in [2.05, 4.69) is 10.3 Å². The lowest BCUT2D eigenvalue weighted by Gasteiger charge is -2.25. The van der Waals surface area contributed by atoms with Gasteiger partial charge in [-0.3, -0.25) is 9.59 Å². The molecule has 2 heterocycles. The van der Waals surface area contributed by atoms with Crippen molar-refractivity contribution in [3.05, 3.63) is 71.4 Å². The van der Waals surface area contributed by atoms with Gasteiger partial charge in [-0.05, 0) is 17.7 Å². The quantitative estimate of drug-likeness (QED) is 0.661. The molecule has 2 amide bonds. The summed E-state index contributed by atoms with van der Waals surface area (Å²) in [5, 5.41) is 3.85. The number of hydrogen-bond donors (Lipinski definition) is 2. The van der Waals surface area contributed by atoms with Gasteiger partial charge in [0.1, 0.15) is 6.54 Å². The number of carbonyl (C=O) groups is 2. The number of fused-ring (bicyclic) bond motifs is 2. The third-order valence-electron chi connectivity index (χ3n) is 4.92. The Labute approximate surface area is 157 Å². The van der Waals surface area contributed by atoms with Crippen LogP contribution in [0.15, 0.2) is 54.7 Å². The van der Waals surface area contributed by atoms with Crippen molar-refractivity contribution in [1.82, 2.24) is 15.2 Å². The second-order valence-corrected chi connectivity index (χ2v) is 6.56. The zero-order valence-electron chi connectivity index (χ0n) is 15.1. The van der Waals surface area contributed by atoms with E-state index < -0.39 is 0 Å². The molecule has 2 aromatic carbocycles. The van der Waals surface area contributed by atoms with Crippen LogP contribution in [0.4, 0.5) is 0 Å². The van der Waals surface area contributed by atoms with Gasteiger partial charge >= 0.3 is 0 Å². The zero-order chi connectivity index (χ0) is 18.8. The topological polar surface area (TPSA) is 74.4 Å². The molecule has 0 unspecified atom stereocenters. The number of amides is 2. The summed E-state index contributed by atoms with van der Waals surface area (Å²) in [6.45, 7) is 0.856. The minimum absolute atomic E-state index is 0.00139. The summed E-state index contributed by atoms with van der Waals surface area (Å²) in [6, 6.07) is 15.2. The fourth-order valence-corrected chi connectivity index (χ4v) is 3.69. The summed E-state index contributed by atoms with van der Waals surface area (Å²) in [4.78, 5) is 30.3. The molecule has 6 heteroatoms. The normalized spacial score (nSPS) is 16.0. The highest BCUT2D eigenvalue weighted by Crippen LogP contribution is 2.40. The lowest BCUT2D eigenvalue weighted by Crippen LogP contribution is -2.40. The van der Waals surface area contributed by atoms with E-state index >= 15 is 0 Å². The molecule has 1 atom stereocenters. The fraction of sp³-hybridized carbons (Fsp3) is 0.238. The number of H-pyrrole nitrogens is 1. The monoisotopic (exact) mass is 363 g/mol. The first-order valence-electron chi connectivity index (χ1n) is 8.92. The van der Waals surface area contributed by atoms with Gasteiger partial charge in [0.05, 0.1) is 12.6 Å². The van der Waals surface area contributed by atoms with Gasteiger partial charge in [0.25, 0.3) is 5.91 Å². The summed E-state index contributed by atoms with van der Waals surface area (Å²) in [5.74, 6) is -0.319. The van der Waals surface area contributed by atoms with Crippen LogP contribution in [0.3, 0.4) is 0 Å². The van der Waals surface area contributed by atoms with Gasteiger partial charge in [0.2, 0.25) is 5.91 Å². The summed E-state index contributed by atoms with van der Waals surface area (Å²) in [5.41, 5.74) is 3.58. The molecule has 4 rings (SSSR count). The van der Waals surface area contributed by atoms with Crippen LogP contribution < -0.4 is 5.32 Å². The molecular weight excluding hydrogens is 342 g/mol. The van der Waals surface area contributed by atoms with Crippen LogP contribution in [-0.4, -0.2) is 48.5 Å². The maximum Gasteiger partial charge on any atom is 0.255 e. The number of nitrogens with one attached hydrogen (secondary N) is 2. The molecule has 0 aliphatic carbocycles. The number of methoxy groups -OCH3 is 1. The van der Waals surface area contributed by atoms with E-state index in [0.717, 1.165) is 22.0 Å². The molecule has 1 aliphatic rings. The van der Waals surface area contributed by atoms with Crippen molar-refractivity contribution >= 4 is 22.7 Å². The molecule has 0 bridgehead atoms. The summed E-state index contributed by atoms with van der Waals surface area (Å²) in [7, 11) is 1.58. The molecule has 1 aromatic heterocycles. The van der Waals surface area contributed by atoms with Crippen molar-refractivity contribution in [2.75, 3.05) is 26.8 Å². The maximum absolute atomic E-state index is 13.0. The van der Waals surface area contributed by atoms with Crippen molar-refractivity contribution in [3.63, 3.8) is 0 Å². The predicted molar refractivity (Wildman–Crippen MR) is 103 cm³/mol. The van der Waals surface area contributed by atoms with Gasteiger partial charge in [-0.1, -0.05) is 36.4 Å². The second-order valence-electron chi connectivity index (χ2n) is 6.56. The van der Waals surface area contributed by atoms with Crippen LogP contribution in [-0.2, 0) is 9.53 Å². The molecule has 138 valence electrons. The molecule has 0 fully saturated rings. The Balaban J connectivity index is 1.71. The molecular formula is C21H21N3O3. The third kappa shape index (κ3) is 3.08. The highest BCUT2D eigenvalue weighted by atomic mass is 16.5. The molecule has 0 saturated carbocycles. The summed E-state index contributed by atoms with van der Waals surface area (Å²) >= 11 is 0. The molecule has 3 aromatic rings. The van der Waals surface area contributed by atoms with E-state index in [1.807, 2.05) is 54.7 Å². The predicted octanol–water partition coefficient (Wildman–Crippen LogP) is 2.48. The van der Waals surface area contributed by atoms with Crippen LogP contribution in [0.25, 0.3) is 10.9 Å². The van der Waals surface area contributed by atoms with Crippen LogP contribution in [0.5, 0.6) is 0 Å². The van der Waals surface area contributed by atoms with E-state index in [9.17, 15) is 9.59 Å². The number of carbonyl (C=O) groups excluding carboxylic acids is 2. The highest BCUT2D eigenvalue weighted by Gasteiger charge is 2.39. The first-order valence-corrected chi connectivity index (χ1v) is 8.92. The lowest BCUT2D eigenvalue weighted by molar-refractivity contribution is -0.122. The van der Waals surface area contributed by atoms with Gasteiger partial charge in [-0.25, -0.2) is 0 Å². The van der Waals surface area contributed by atoms with Crippen LogP contribution in [0, 0.1) is 0 Å². The molecule has 0 radical (unpaired) electrons. The van der Waals surface area contributed by atoms with Crippen LogP contribution in [0.1, 0.15) is 27.5 Å². The van der Waals surface area contributed by atoms with E-state index in [4.69, 9.17) is 4.74 Å². The van der Waals surface area contributed by atoms with Gasteiger partial charge < -0.3 is 19.9 Å². The Hall–Kier alpha value is -3.12. The van der Waals surface area contributed by atoms with Gasteiger partial charge in [-0.2, -0.15) is 0 Å². The number of hydrogen-bond acceptors (Lipinski definition) is 3. The van der Waals surface area contributed by atoms with E-state index in [0.29, 0.717) is 18.7 Å². The lowest BCUT2D eigenvalue weighted by atomic mass is 9.97. The Bertz CT molecular complexity index is 995. The maximum atomic E-state index is 13.0. The van der Waals surface area contributed by atoms with Gasteiger partial charge in [0.15, 0.2) is 0 Å². The number of benzene rings is 2. The van der Waals surface area contributed by atoms with E-state index in [1.165, 1.54) is 0 Å². The Morgan fingerprint density at radius 1 is 1.15 bits per heavy atom. The zero-order valence-corrected chi connectivity index (χ0v) is 15.1. The Morgan fingerprint density at radius 3 is 2.78 bits per heavy atom. The molecule has 2 N–H and O–H groups in total. The van der Waals surface area contributed by atoms with Crippen molar-refractivity contribution in [2.45, 2.75) is 6.04 Å². The Kier molecular flexibility index (Phi) is 4.64. The Morgan fingerprint density at radius 2 is 1.93 bits per heavy atom. The van der Waals surface area contributed by atoms with Crippen molar-refractivity contribution in [3.8, 4) is 0 Å². The van der Waals surface area contributed by atoms with Crippen LogP contribution >= 0.6 is 0 Å². The summed E-state index contributed by atoms with van der Waals surface area (Å²) in [6.07, 6.45) is 1.93. The standard InChI is InChI=1S/C21H21N3O3/c1-27-11-10-22-19(25)13-24-20(15-7-2-3-8-16(15)21(24)26)17-12-23-18-9-5-4-6-14(17)18/h2-9,12,20,23H,10-11,13H2,1H3,(H,22,25)/t20-/m0/s1. The summed E-state index contributed by atoms with van der Waals surface area (Å²) < 4.78 is 4.96. The number of para-hydroxylation sites is 1. The number of nitrogens with zero attached hydrogens (tertiary/aromatic N) is 1. The van der Waals surface area contributed by atoms with E-state index in [1.54, 1.807) is 12.0 Å². The third-order valence-corrected chi connectivity index (χ3v) is 4.92. The number of aromatic nitrogens is 1. The molecule has 27 heavy (non-hydrogen) atoms. The van der Waals surface area contributed by atoms with Crippen LogP contribution in [0.2, 0.25) is 0 Å². The fourth-order valence-electron chi connectivity index (χ4n) is 3.69. The SMILES string of the molecule is COCCNC(=O)CN1C(=O)c2ccccc2[C@H]1c1c[nH]c2ccccc12. The molecule has 1 aliphatic heterocycles. The smallest absolute Gasteiger partial charge is 0.255 e. The molecule has 0 saturated heterocycles. The van der Waals surface area contributed by atoms with Gasteiger partial charge in [-0.15, -0.1) is 0 Å². The minimum atomic E-state index is -0.293. The van der Waals surface area contributed by atoms with Crippen molar-refractivity contribution in [1.29, 1.82) is 0 Å². The first-order chi connectivity index (χ1) is 13.2. The molecule has 6 nitrogen and oxygen atoms in total. The minimum Gasteiger partial charge on any atom is -0.383 e. The average Bonchev–Trinajstić information content (AvgIpc) is 3.22. The highest BCUT2D eigenvalue weighted by molar-refractivity contribution is 6.02. The largest absolute Gasteiger partial charge is 0.383 e. The average molecular weight is 363 g/mol. The van der Waals surface area contributed by atoms with Crippen molar-refractivity contribution in [2.24, 2.45) is 0 Å². The molecule has 0 spiro atoms. The number of rotatable bonds is 6. The van der Waals surface area contributed by atoms with Gasteiger partial charge in [0, 0.05) is 41.9 Å². The first kappa shape index (κ1) is 17.3. The van der Waals surface area contributed by atoms with E-state index in [-0.39, 0.29) is 24.4 Å².